The molecule has 0 aliphatic carbocycles. The zero-order valence-electron chi connectivity index (χ0n) is 18.3. The molecule has 8 heteroatoms. The highest BCUT2D eigenvalue weighted by molar-refractivity contribution is 6.08. The number of rotatable bonds is 4. The summed E-state index contributed by atoms with van der Waals surface area (Å²) >= 11 is 0. The Morgan fingerprint density at radius 2 is 1.85 bits per heavy atom. The van der Waals surface area contributed by atoms with Crippen LogP contribution in [0.5, 0.6) is 5.75 Å². The van der Waals surface area contributed by atoms with Gasteiger partial charge in [-0.15, -0.1) is 0 Å². The second-order valence-corrected chi connectivity index (χ2v) is 8.07. The van der Waals surface area contributed by atoms with Gasteiger partial charge in [-0.05, 0) is 47.5 Å². The van der Waals surface area contributed by atoms with Gasteiger partial charge >= 0.3 is 6.03 Å². The van der Waals surface area contributed by atoms with Crippen LogP contribution in [-0.4, -0.2) is 41.4 Å². The third-order valence-electron chi connectivity index (χ3n) is 5.96. The number of pyridine rings is 1. The van der Waals surface area contributed by atoms with Crippen molar-refractivity contribution in [2.45, 2.75) is 12.1 Å². The molecule has 0 radical (unpaired) electrons. The maximum atomic E-state index is 13.1. The molecule has 2 aliphatic heterocycles. The fourth-order valence-corrected chi connectivity index (χ4v) is 4.20. The molecule has 1 saturated heterocycles. The molecule has 1 fully saturated rings. The minimum Gasteiger partial charge on any atom is -0.497 e. The van der Waals surface area contributed by atoms with E-state index in [0.717, 1.165) is 16.7 Å². The average Bonchev–Trinajstić information content (AvgIpc) is 3.33. The lowest BCUT2D eigenvalue weighted by molar-refractivity contribution is -0.124. The van der Waals surface area contributed by atoms with Crippen LogP contribution in [0.2, 0.25) is 0 Å². The van der Waals surface area contributed by atoms with E-state index in [9.17, 15) is 14.4 Å². The third kappa shape index (κ3) is 3.73. The summed E-state index contributed by atoms with van der Waals surface area (Å²) in [5.41, 5.74) is 2.04. The second kappa shape index (κ2) is 8.37. The van der Waals surface area contributed by atoms with Gasteiger partial charge < -0.3 is 15.0 Å². The summed E-state index contributed by atoms with van der Waals surface area (Å²) in [6, 6.07) is 15.4. The van der Waals surface area contributed by atoms with E-state index in [2.05, 4.69) is 27.5 Å². The number of hydrogen-bond acceptors (Lipinski definition) is 5. The van der Waals surface area contributed by atoms with E-state index < -0.39 is 17.5 Å². The zero-order valence-corrected chi connectivity index (χ0v) is 18.3. The molecule has 1 aromatic heterocycles. The van der Waals surface area contributed by atoms with E-state index in [1.165, 1.54) is 7.11 Å². The van der Waals surface area contributed by atoms with E-state index >= 15 is 0 Å². The second-order valence-electron chi connectivity index (χ2n) is 8.07. The number of imide groups is 1. The van der Waals surface area contributed by atoms with Gasteiger partial charge in [0.25, 0.3) is 11.8 Å². The summed E-state index contributed by atoms with van der Waals surface area (Å²) in [5.74, 6) is 5.95. The summed E-state index contributed by atoms with van der Waals surface area (Å²) in [6.07, 6.45) is 3.36. The van der Waals surface area contributed by atoms with Gasteiger partial charge in [-0.3, -0.25) is 19.9 Å². The Labute approximate surface area is 195 Å². The summed E-state index contributed by atoms with van der Waals surface area (Å²) in [7, 11) is 1.54. The Bertz CT molecular complexity index is 1360. The van der Waals surface area contributed by atoms with Crippen LogP contribution >= 0.6 is 0 Å². The van der Waals surface area contributed by atoms with E-state index in [1.54, 1.807) is 53.7 Å². The Balaban J connectivity index is 1.43. The number of amides is 4. The smallest absolute Gasteiger partial charge is 0.322 e. The lowest BCUT2D eigenvalue weighted by Gasteiger charge is -2.31. The average molecular weight is 452 g/mol. The standard InChI is InChI=1S/C26H20N4O4/c1-34-21-11-8-19-15-30(23(31)22(19)13-21)16-26(24(32)28-25(33)29-26)20-9-6-17(7-10-20)4-5-18-3-2-12-27-14-18/h2-3,6-14H,15-16H2,1H3,(H2,28,29,32,33)/t26-/m0/s1. The monoisotopic (exact) mass is 452 g/mol. The van der Waals surface area contributed by atoms with Crippen molar-refractivity contribution in [3.63, 3.8) is 0 Å². The highest BCUT2D eigenvalue weighted by atomic mass is 16.5. The number of benzene rings is 2. The topological polar surface area (TPSA) is 101 Å². The van der Waals surface area contributed by atoms with E-state index in [1.807, 2.05) is 18.2 Å². The number of nitrogens with one attached hydrogen (secondary N) is 2. The third-order valence-corrected chi connectivity index (χ3v) is 5.96. The van der Waals surface area contributed by atoms with E-state index in [-0.39, 0.29) is 12.5 Å². The van der Waals surface area contributed by atoms with Gasteiger partial charge in [0, 0.05) is 35.6 Å². The quantitative estimate of drug-likeness (QED) is 0.467. The van der Waals surface area contributed by atoms with Gasteiger partial charge in [-0.2, -0.15) is 0 Å². The molecular formula is C26H20N4O4. The highest BCUT2D eigenvalue weighted by Gasteiger charge is 2.50. The molecule has 4 amide bonds. The summed E-state index contributed by atoms with van der Waals surface area (Å²) in [5, 5.41) is 5.06. The molecule has 168 valence electrons. The van der Waals surface area contributed by atoms with Crippen molar-refractivity contribution in [3.05, 3.63) is 94.8 Å². The Hall–Kier alpha value is -4.64. The number of nitrogens with zero attached hydrogens (tertiary/aromatic N) is 2. The lowest BCUT2D eigenvalue weighted by atomic mass is 9.88. The van der Waals surface area contributed by atoms with E-state index in [0.29, 0.717) is 23.4 Å². The van der Waals surface area contributed by atoms with Gasteiger partial charge in [-0.1, -0.05) is 30.0 Å². The Morgan fingerprint density at radius 3 is 2.53 bits per heavy atom. The number of carbonyl (C=O) groups is 3. The molecule has 5 rings (SSSR count). The van der Waals surface area contributed by atoms with Crippen LogP contribution in [0.15, 0.2) is 67.0 Å². The van der Waals surface area contributed by atoms with Gasteiger partial charge in [0.2, 0.25) is 0 Å². The van der Waals surface area contributed by atoms with Crippen LogP contribution in [0, 0.1) is 11.8 Å². The number of ether oxygens (including phenoxy) is 1. The molecule has 8 nitrogen and oxygen atoms in total. The van der Waals surface area contributed by atoms with Crippen molar-refractivity contribution >= 4 is 17.8 Å². The first-order valence-electron chi connectivity index (χ1n) is 10.6. The molecule has 34 heavy (non-hydrogen) atoms. The molecule has 2 aromatic carbocycles. The molecule has 0 spiro atoms. The number of aromatic nitrogens is 1. The van der Waals surface area contributed by atoms with Crippen LogP contribution in [-0.2, 0) is 16.9 Å². The van der Waals surface area contributed by atoms with Crippen molar-refractivity contribution in [2.24, 2.45) is 0 Å². The lowest BCUT2D eigenvalue weighted by Crippen LogP contribution is -2.52. The van der Waals surface area contributed by atoms with Crippen LogP contribution in [0.3, 0.4) is 0 Å². The van der Waals surface area contributed by atoms with Crippen molar-refractivity contribution in [1.29, 1.82) is 0 Å². The highest BCUT2D eigenvalue weighted by Crippen LogP contribution is 2.32. The molecular weight excluding hydrogens is 432 g/mol. The predicted octanol–water partition coefficient (Wildman–Crippen LogP) is 2.18. The minimum atomic E-state index is -1.41. The largest absolute Gasteiger partial charge is 0.497 e. The first-order chi connectivity index (χ1) is 16.5. The van der Waals surface area contributed by atoms with E-state index in [4.69, 9.17) is 4.74 Å². The molecule has 0 unspecified atom stereocenters. The normalized spacial score (nSPS) is 18.6. The SMILES string of the molecule is COc1ccc2c(c1)C(=O)N(C[C@@]1(c3ccc(C#Cc4cccnc4)cc3)NC(=O)NC1=O)C2. The van der Waals surface area contributed by atoms with Crippen molar-refractivity contribution in [1.82, 2.24) is 20.5 Å². The summed E-state index contributed by atoms with van der Waals surface area (Å²) < 4.78 is 5.23. The number of hydrogen-bond donors (Lipinski definition) is 2. The molecule has 0 saturated carbocycles. The number of methoxy groups -OCH3 is 1. The van der Waals surface area contributed by atoms with Crippen molar-refractivity contribution in [2.75, 3.05) is 13.7 Å². The first kappa shape index (κ1) is 21.2. The maximum absolute atomic E-state index is 13.1. The van der Waals surface area contributed by atoms with Crippen LogP contribution < -0.4 is 15.4 Å². The number of fused-ring (bicyclic) bond motifs is 1. The van der Waals surface area contributed by atoms with Gasteiger partial charge in [-0.25, -0.2) is 4.79 Å². The first-order valence-corrected chi connectivity index (χ1v) is 10.6. The van der Waals surface area contributed by atoms with Crippen LogP contribution in [0.25, 0.3) is 0 Å². The molecule has 1 atom stereocenters. The number of carbonyl (C=O) groups excluding carboxylic acids is 3. The molecule has 3 aromatic rings. The summed E-state index contributed by atoms with van der Waals surface area (Å²) in [4.78, 5) is 43.8. The van der Waals surface area contributed by atoms with Gasteiger partial charge in [0.05, 0.1) is 13.7 Å². The maximum Gasteiger partial charge on any atom is 0.322 e. The number of urea groups is 1. The molecule has 2 N–H and O–H groups in total. The fraction of sp³-hybridized carbons (Fsp3) is 0.154. The fourth-order valence-electron chi connectivity index (χ4n) is 4.20. The van der Waals surface area contributed by atoms with Gasteiger partial charge in [0.15, 0.2) is 5.54 Å². The molecule has 0 bridgehead atoms. The zero-order chi connectivity index (χ0) is 23.7. The summed E-state index contributed by atoms with van der Waals surface area (Å²) in [6.45, 7) is 0.318. The Kier molecular flexibility index (Phi) is 5.22. The molecule has 2 aliphatic rings. The molecule has 3 heterocycles. The van der Waals surface area contributed by atoms with Crippen LogP contribution in [0.4, 0.5) is 4.79 Å². The minimum absolute atomic E-state index is 0.0128. The van der Waals surface area contributed by atoms with Crippen molar-refractivity contribution in [3.8, 4) is 17.6 Å². The predicted molar refractivity (Wildman–Crippen MR) is 123 cm³/mol. The van der Waals surface area contributed by atoms with Crippen molar-refractivity contribution < 1.29 is 19.1 Å². The van der Waals surface area contributed by atoms with Gasteiger partial charge in [0.1, 0.15) is 5.75 Å². The van der Waals surface area contributed by atoms with Crippen LogP contribution in [0.1, 0.15) is 32.6 Å². The Morgan fingerprint density at radius 1 is 1.06 bits per heavy atom.